The SMILES string of the molecule is O=C(CSc1nc2ccccc2o1)N1N=C(c2ccco2)C[C@@H]1c1ccco1. The van der Waals surface area contributed by atoms with Gasteiger partial charge in [-0.25, -0.2) is 9.99 Å². The Labute approximate surface area is 164 Å². The van der Waals surface area contributed by atoms with E-state index in [1.807, 2.05) is 36.4 Å². The molecule has 0 saturated heterocycles. The normalized spacial score (nSPS) is 16.6. The molecule has 8 heteroatoms. The molecule has 0 fully saturated rings. The number of nitrogens with zero attached hydrogens (tertiary/aromatic N) is 3. The fraction of sp³-hybridized carbons (Fsp3) is 0.150. The lowest BCUT2D eigenvalue weighted by molar-refractivity contribution is -0.130. The van der Waals surface area contributed by atoms with Crippen LogP contribution in [0, 0.1) is 0 Å². The molecule has 0 aliphatic carbocycles. The number of furan rings is 2. The van der Waals surface area contributed by atoms with E-state index in [0.29, 0.717) is 34.5 Å². The first-order chi connectivity index (χ1) is 13.8. The molecule has 7 nitrogen and oxygen atoms in total. The van der Waals surface area contributed by atoms with E-state index in [1.165, 1.54) is 16.8 Å². The van der Waals surface area contributed by atoms with Crippen molar-refractivity contribution in [2.24, 2.45) is 5.10 Å². The largest absolute Gasteiger partial charge is 0.467 e. The van der Waals surface area contributed by atoms with Crippen LogP contribution in [0.2, 0.25) is 0 Å². The first kappa shape index (κ1) is 16.9. The van der Waals surface area contributed by atoms with Gasteiger partial charge in [-0.3, -0.25) is 4.79 Å². The zero-order chi connectivity index (χ0) is 18.9. The van der Waals surface area contributed by atoms with E-state index in [4.69, 9.17) is 13.3 Å². The number of hydrogen-bond donors (Lipinski definition) is 0. The summed E-state index contributed by atoms with van der Waals surface area (Å²) in [6.07, 6.45) is 3.71. The minimum atomic E-state index is -0.299. The smallest absolute Gasteiger partial charge is 0.257 e. The Morgan fingerprint density at radius 1 is 1.11 bits per heavy atom. The van der Waals surface area contributed by atoms with Gasteiger partial charge in [0.2, 0.25) is 0 Å². The van der Waals surface area contributed by atoms with Gasteiger partial charge in [0.15, 0.2) is 5.58 Å². The molecule has 140 valence electrons. The van der Waals surface area contributed by atoms with E-state index in [-0.39, 0.29) is 17.7 Å². The lowest BCUT2D eigenvalue weighted by Gasteiger charge is -2.19. The molecule has 1 aliphatic heterocycles. The third-order valence-electron chi connectivity index (χ3n) is 4.44. The van der Waals surface area contributed by atoms with Gasteiger partial charge >= 0.3 is 0 Å². The molecule has 1 amide bonds. The number of oxazole rings is 1. The molecule has 5 rings (SSSR count). The lowest BCUT2D eigenvalue weighted by atomic mass is 10.1. The van der Waals surface area contributed by atoms with Crippen LogP contribution in [0.15, 0.2) is 84.6 Å². The van der Waals surface area contributed by atoms with Crippen molar-refractivity contribution in [1.29, 1.82) is 0 Å². The first-order valence-corrected chi connectivity index (χ1v) is 9.72. The minimum absolute atomic E-state index is 0.152. The maximum atomic E-state index is 12.9. The molecule has 1 aromatic carbocycles. The highest BCUT2D eigenvalue weighted by Crippen LogP contribution is 2.34. The van der Waals surface area contributed by atoms with Gasteiger partial charge in [-0.1, -0.05) is 23.9 Å². The van der Waals surface area contributed by atoms with Crippen molar-refractivity contribution in [2.45, 2.75) is 17.7 Å². The molecular weight excluding hydrogens is 378 g/mol. The van der Waals surface area contributed by atoms with Gasteiger partial charge in [0.05, 0.1) is 18.3 Å². The molecule has 0 spiro atoms. The number of carbonyl (C=O) groups excluding carboxylic acids is 1. The molecule has 0 unspecified atom stereocenters. The van der Waals surface area contributed by atoms with Crippen molar-refractivity contribution in [2.75, 3.05) is 5.75 Å². The molecule has 1 aliphatic rings. The Kier molecular flexibility index (Phi) is 4.25. The highest BCUT2D eigenvalue weighted by atomic mass is 32.2. The first-order valence-electron chi connectivity index (χ1n) is 8.73. The van der Waals surface area contributed by atoms with Crippen molar-refractivity contribution in [3.63, 3.8) is 0 Å². The summed E-state index contributed by atoms with van der Waals surface area (Å²) in [5.74, 6) is 1.33. The standard InChI is InChI=1S/C20H15N3O4S/c24-19(12-28-20-21-13-5-1-2-6-17(13)27-20)23-15(18-8-4-10-26-18)11-14(22-23)16-7-3-9-25-16/h1-10,15H,11-12H2/t15-/m1/s1. The molecule has 0 N–H and O–H groups in total. The van der Waals surface area contributed by atoms with Crippen molar-refractivity contribution in [1.82, 2.24) is 9.99 Å². The van der Waals surface area contributed by atoms with Gasteiger partial charge in [-0.2, -0.15) is 5.10 Å². The third-order valence-corrected chi connectivity index (χ3v) is 5.25. The zero-order valence-electron chi connectivity index (χ0n) is 14.6. The summed E-state index contributed by atoms with van der Waals surface area (Å²) in [4.78, 5) is 17.3. The van der Waals surface area contributed by atoms with Crippen LogP contribution in [0.5, 0.6) is 0 Å². The Hall–Kier alpha value is -3.26. The summed E-state index contributed by atoms with van der Waals surface area (Å²) in [5, 5.41) is 6.43. The fourth-order valence-electron chi connectivity index (χ4n) is 3.14. The topological polar surface area (TPSA) is 85.0 Å². The number of para-hydroxylation sites is 2. The number of benzene rings is 1. The lowest BCUT2D eigenvalue weighted by Crippen LogP contribution is -2.28. The van der Waals surface area contributed by atoms with E-state index in [1.54, 1.807) is 24.7 Å². The highest BCUT2D eigenvalue weighted by Gasteiger charge is 2.35. The van der Waals surface area contributed by atoms with Crippen LogP contribution >= 0.6 is 11.8 Å². The maximum Gasteiger partial charge on any atom is 0.257 e. The second kappa shape index (κ2) is 7.05. The van der Waals surface area contributed by atoms with Gasteiger partial charge in [0.25, 0.3) is 11.1 Å². The number of aromatic nitrogens is 1. The Balaban J connectivity index is 1.36. The van der Waals surface area contributed by atoms with Crippen LogP contribution in [0.25, 0.3) is 11.1 Å². The second-order valence-corrected chi connectivity index (χ2v) is 7.16. The van der Waals surface area contributed by atoms with Crippen LogP contribution in [0.4, 0.5) is 0 Å². The number of rotatable bonds is 5. The summed E-state index contributed by atoms with van der Waals surface area (Å²) in [6, 6.07) is 14.5. The molecule has 1 atom stereocenters. The zero-order valence-corrected chi connectivity index (χ0v) is 15.5. The summed E-state index contributed by atoms with van der Waals surface area (Å²) in [5.41, 5.74) is 2.18. The summed E-state index contributed by atoms with van der Waals surface area (Å²) < 4.78 is 16.6. The number of amides is 1. The van der Waals surface area contributed by atoms with Crippen LogP contribution in [-0.4, -0.2) is 27.4 Å². The van der Waals surface area contributed by atoms with Crippen molar-refractivity contribution >= 4 is 34.5 Å². The van der Waals surface area contributed by atoms with E-state index < -0.39 is 0 Å². The quantitative estimate of drug-likeness (QED) is 0.465. The van der Waals surface area contributed by atoms with E-state index in [2.05, 4.69) is 10.1 Å². The van der Waals surface area contributed by atoms with Crippen LogP contribution in [0.3, 0.4) is 0 Å². The highest BCUT2D eigenvalue weighted by molar-refractivity contribution is 7.99. The van der Waals surface area contributed by atoms with E-state index in [9.17, 15) is 4.79 Å². The third kappa shape index (κ3) is 3.11. The van der Waals surface area contributed by atoms with Crippen molar-refractivity contribution in [3.8, 4) is 0 Å². The Bertz CT molecular complexity index is 1100. The molecule has 0 radical (unpaired) electrons. The van der Waals surface area contributed by atoms with Gasteiger partial charge in [0, 0.05) is 6.42 Å². The molecule has 3 aromatic heterocycles. The van der Waals surface area contributed by atoms with E-state index in [0.717, 1.165) is 5.52 Å². The number of thioether (sulfide) groups is 1. The predicted molar refractivity (Wildman–Crippen MR) is 103 cm³/mol. The molecule has 0 saturated carbocycles. The van der Waals surface area contributed by atoms with Crippen LogP contribution in [0.1, 0.15) is 24.0 Å². The van der Waals surface area contributed by atoms with Gasteiger partial charge in [-0.05, 0) is 36.4 Å². The molecule has 4 aromatic rings. The van der Waals surface area contributed by atoms with Gasteiger partial charge in [0.1, 0.15) is 28.8 Å². The van der Waals surface area contributed by atoms with Crippen molar-refractivity contribution in [3.05, 3.63) is 72.6 Å². The van der Waals surface area contributed by atoms with Crippen molar-refractivity contribution < 1.29 is 18.0 Å². The van der Waals surface area contributed by atoms with Crippen LogP contribution < -0.4 is 0 Å². The monoisotopic (exact) mass is 393 g/mol. The molecule has 4 heterocycles. The Morgan fingerprint density at radius 3 is 2.75 bits per heavy atom. The number of carbonyl (C=O) groups is 1. The average Bonchev–Trinajstić information content (AvgIpc) is 3.50. The minimum Gasteiger partial charge on any atom is -0.467 e. The van der Waals surface area contributed by atoms with Gasteiger partial charge in [-0.15, -0.1) is 0 Å². The summed E-state index contributed by atoms with van der Waals surface area (Å²) in [7, 11) is 0. The van der Waals surface area contributed by atoms with Gasteiger partial charge < -0.3 is 13.3 Å². The maximum absolute atomic E-state index is 12.9. The fourth-order valence-corrected chi connectivity index (χ4v) is 3.83. The number of hydrogen-bond acceptors (Lipinski definition) is 7. The Morgan fingerprint density at radius 2 is 1.96 bits per heavy atom. The number of hydrazone groups is 1. The summed E-state index contributed by atoms with van der Waals surface area (Å²) >= 11 is 1.25. The summed E-state index contributed by atoms with van der Waals surface area (Å²) in [6.45, 7) is 0. The second-order valence-electron chi connectivity index (χ2n) is 6.23. The predicted octanol–water partition coefficient (Wildman–Crippen LogP) is 4.48. The molecule has 0 bridgehead atoms. The molecule has 28 heavy (non-hydrogen) atoms. The number of fused-ring (bicyclic) bond motifs is 1. The van der Waals surface area contributed by atoms with E-state index >= 15 is 0 Å². The average molecular weight is 393 g/mol. The van der Waals surface area contributed by atoms with Crippen LogP contribution in [-0.2, 0) is 4.79 Å². The molecular formula is C20H15N3O4S.